The van der Waals surface area contributed by atoms with Gasteiger partial charge in [0.25, 0.3) is 0 Å². The zero-order valence-corrected chi connectivity index (χ0v) is 11.3. The van der Waals surface area contributed by atoms with Crippen molar-refractivity contribution in [3.05, 3.63) is 30.1 Å². The van der Waals surface area contributed by atoms with E-state index in [0.717, 1.165) is 38.4 Å². The molecule has 0 bridgehead atoms. The fourth-order valence-corrected chi connectivity index (χ4v) is 1.60. The van der Waals surface area contributed by atoms with Gasteiger partial charge in [0.05, 0.1) is 6.20 Å². The van der Waals surface area contributed by atoms with E-state index in [1.54, 1.807) is 0 Å². The Balaban J connectivity index is 2.09. The summed E-state index contributed by atoms with van der Waals surface area (Å²) in [5, 5.41) is 7.68. The molecule has 0 radical (unpaired) electrons. The molecule has 0 aliphatic rings. The molecule has 1 aromatic heterocycles. The van der Waals surface area contributed by atoms with Crippen LogP contribution in [0.5, 0.6) is 0 Å². The number of rotatable bonds is 8. The average molecular weight is 235 g/mol. The Kier molecular flexibility index (Phi) is 6.63. The van der Waals surface area contributed by atoms with Gasteiger partial charge in [-0.3, -0.25) is 4.68 Å². The van der Waals surface area contributed by atoms with Crippen molar-refractivity contribution in [2.75, 3.05) is 13.1 Å². The van der Waals surface area contributed by atoms with Crippen molar-refractivity contribution < 1.29 is 0 Å². The average Bonchev–Trinajstić information content (AvgIpc) is 2.75. The molecule has 1 rings (SSSR count). The van der Waals surface area contributed by atoms with Gasteiger partial charge in [0.15, 0.2) is 0 Å². The lowest BCUT2D eigenvalue weighted by molar-refractivity contribution is 0.556. The summed E-state index contributed by atoms with van der Waals surface area (Å²) in [7, 11) is 0. The van der Waals surface area contributed by atoms with Crippen LogP contribution in [-0.2, 0) is 13.0 Å². The summed E-state index contributed by atoms with van der Waals surface area (Å²) in [5.74, 6) is 0.735. The molecule has 0 unspecified atom stereocenters. The number of hydrogen-bond donors (Lipinski definition) is 1. The smallest absolute Gasteiger partial charge is 0.0524 e. The van der Waals surface area contributed by atoms with Gasteiger partial charge < -0.3 is 5.32 Å². The molecule has 0 aliphatic carbocycles. The lowest BCUT2D eigenvalue weighted by atomic mass is 10.2. The molecule has 0 aromatic carbocycles. The van der Waals surface area contributed by atoms with Crippen molar-refractivity contribution in [2.24, 2.45) is 5.92 Å². The molecule has 1 aromatic rings. The molecule has 3 heteroatoms. The first-order valence-electron chi connectivity index (χ1n) is 6.59. The molecule has 0 atom stereocenters. The normalized spacial score (nSPS) is 11.8. The minimum Gasteiger partial charge on any atom is -0.316 e. The third-order valence-electron chi connectivity index (χ3n) is 2.57. The van der Waals surface area contributed by atoms with E-state index in [0.29, 0.717) is 0 Å². The van der Waals surface area contributed by atoms with Crippen LogP contribution >= 0.6 is 0 Å². The first kappa shape index (κ1) is 14.0. The molecule has 0 fully saturated rings. The summed E-state index contributed by atoms with van der Waals surface area (Å²) in [6, 6.07) is 0. The summed E-state index contributed by atoms with van der Waals surface area (Å²) in [4.78, 5) is 0. The molecule has 1 N–H and O–H groups in total. The van der Waals surface area contributed by atoms with Crippen molar-refractivity contribution in [3.8, 4) is 0 Å². The van der Waals surface area contributed by atoms with E-state index in [2.05, 4.69) is 49.5 Å². The van der Waals surface area contributed by atoms with Crippen LogP contribution in [-0.4, -0.2) is 22.9 Å². The van der Waals surface area contributed by atoms with Gasteiger partial charge in [-0.1, -0.05) is 26.0 Å². The van der Waals surface area contributed by atoms with Crippen molar-refractivity contribution >= 4 is 0 Å². The van der Waals surface area contributed by atoms with Crippen LogP contribution in [0.15, 0.2) is 24.5 Å². The maximum absolute atomic E-state index is 4.25. The number of aryl methyl sites for hydroxylation is 1. The summed E-state index contributed by atoms with van der Waals surface area (Å²) in [6.07, 6.45) is 10.6. The predicted molar refractivity (Wildman–Crippen MR) is 73.1 cm³/mol. The van der Waals surface area contributed by atoms with Crippen LogP contribution in [0.3, 0.4) is 0 Å². The van der Waals surface area contributed by atoms with Gasteiger partial charge in [-0.2, -0.15) is 5.10 Å². The SMILES string of the molecule is CCn1cc(CC=CCCNCC(C)C)cn1. The Hall–Kier alpha value is -1.09. The number of nitrogens with zero attached hydrogens (tertiary/aromatic N) is 2. The zero-order valence-electron chi connectivity index (χ0n) is 11.3. The fourth-order valence-electron chi connectivity index (χ4n) is 1.60. The van der Waals surface area contributed by atoms with Crippen molar-refractivity contribution in [3.63, 3.8) is 0 Å². The number of aromatic nitrogens is 2. The molecule has 17 heavy (non-hydrogen) atoms. The lowest BCUT2D eigenvalue weighted by Gasteiger charge is -2.04. The van der Waals surface area contributed by atoms with Crippen LogP contribution in [0.2, 0.25) is 0 Å². The van der Waals surface area contributed by atoms with Crippen LogP contribution < -0.4 is 5.32 Å². The fraction of sp³-hybridized carbons (Fsp3) is 0.643. The lowest BCUT2D eigenvalue weighted by Crippen LogP contribution is -2.20. The Labute approximate surface area is 105 Å². The minimum atomic E-state index is 0.735. The number of allylic oxidation sites excluding steroid dienone is 1. The van der Waals surface area contributed by atoms with Crippen molar-refractivity contribution in [1.29, 1.82) is 0 Å². The quantitative estimate of drug-likeness (QED) is 0.554. The molecular formula is C14H25N3. The number of hydrogen-bond acceptors (Lipinski definition) is 2. The predicted octanol–water partition coefficient (Wildman–Crippen LogP) is 2.64. The Morgan fingerprint density at radius 3 is 2.88 bits per heavy atom. The maximum atomic E-state index is 4.25. The van der Waals surface area contributed by atoms with Crippen molar-refractivity contribution in [1.82, 2.24) is 15.1 Å². The monoisotopic (exact) mass is 235 g/mol. The molecule has 1 heterocycles. The van der Waals surface area contributed by atoms with Crippen LogP contribution in [0.4, 0.5) is 0 Å². The third kappa shape index (κ3) is 6.27. The second-order valence-electron chi connectivity index (χ2n) is 4.77. The van der Waals surface area contributed by atoms with Crippen LogP contribution in [0.25, 0.3) is 0 Å². The van der Waals surface area contributed by atoms with E-state index >= 15 is 0 Å². The van der Waals surface area contributed by atoms with E-state index < -0.39 is 0 Å². The maximum Gasteiger partial charge on any atom is 0.0524 e. The van der Waals surface area contributed by atoms with Gasteiger partial charge in [-0.05, 0) is 44.3 Å². The Morgan fingerprint density at radius 1 is 1.41 bits per heavy atom. The molecule has 0 spiro atoms. The van der Waals surface area contributed by atoms with E-state index in [4.69, 9.17) is 0 Å². The van der Waals surface area contributed by atoms with Gasteiger partial charge in [0, 0.05) is 12.7 Å². The van der Waals surface area contributed by atoms with Gasteiger partial charge in [0.1, 0.15) is 0 Å². The summed E-state index contributed by atoms with van der Waals surface area (Å²) >= 11 is 0. The van der Waals surface area contributed by atoms with Gasteiger partial charge in [0.2, 0.25) is 0 Å². The highest BCUT2D eigenvalue weighted by Crippen LogP contribution is 2.00. The summed E-state index contributed by atoms with van der Waals surface area (Å²) in [5.41, 5.74) is 1.29. The zero-order chi connectivity index (χ0) is 12.5. The van der Waals surface area contributed by atoms with Gasteiger partial charge >= 0.3 is 0 Å². The summed E-state index contributed by atoms with van der Waals surface area (Å²) in [6.45, 7) is 9.69. The molecule has 0 saturated heterocycles. The van der Waals surface area contributed by atoms with Gasteiger partial charge in [-0.25, -0.2) is 0 Å². The van der Waals surface area contributed by atoms with Gasteiger partial charge in [-0.15, -0.1) is 0 Å². The summed E-state index contributed by atoms with van der Waals surface area (Å²) < 4.78 is 1.97. The first-order valence-corrected chi connectivity index (χ1v) is 6.59. The Morgan fingerprint density at radius 2 is 2.24 bits per heavy atom. The first-order chi connectivity index (χ1) is 8.22. The van der Waals surface area contributed by atoms with E-state index in [-0.39, 0.29) is 0 Å². The molecule has 0 aliphatic heterocycles. The third-order valence-corrected chi connectivity index (χ3v) is 2.57. The van der Waals surface area contributed by atoms with E-state index in [1.165, 1.54) is 5.56 Å². The van der Waals surface area contributed by atoms with E-state index in [1.807, 2.05) is 10.9 Å². The van der Waals surface area contributed by atoms with Crippen LogP contribution in [0, 0.1) is 5.92 Å². The molecule has 0 saturated carbocycles. The second-order valence-corrected chi connectivity index (χ2v) is 4.77. The minimum absolute atomic E-state index is 0.735. The second kappa shape index (κ2) is 8.07. The molecular weight excluding hydrogens is 210 g/mol. The van der Waals surface area contributed by atoms with E-state index in [9.17, 15) is 0 Å². The highest BCUT2D eigenvalue weighted by molar-refractivity contribution is 5.09. The highest BCUT2D eigenvalue weighted by atomic mass is 15.3. The highest BCUT2D eigenvalue weighted by Gasteiger charge is 1.94. The van der Waals surface area contributed by atoms with Crippen molar-refractivity contribution in [2.45, 2.75) is 40.2 Å². The molecule has 3 nitrogen and oxygen atoms in total. The topological polar surface area (TPSA) is 29.9 Å². The number of nitrogens with one attached hydrogen (secondary N) is 1. The molecule has 96 valence electrons. The molecule has 0 amide bonds. The largest absolute Gasteiger partial charge is 0.316 e. The van der Waals surface area contributed by atoms with Crippen LogP contribution in [0.1, 0.15) is 32.8 Å². The standard InChI is InChI=1S/C14H25N3/c1-4-17-12-14(11-16-17)8-6-5-7-9-15-10-13(2)3/h5-6,11-13,15H,4,7-10H2,1-3H3. The Bertz CT molecular complexity index is 326.